The van der Waals surface area contributed by atoms with Crippen LogP contribution in [-0.4, -0.2) is 53.9 Å². The summed E-state index contributed by atoms with van der Waals surface area (Å²) in [6.45, 7) is 2.61. The van der Waals surface area contributed by atoms with Crippen molar-refractivity contribution in [3.63, 3.8) is 0 Å². The summed E-state index contributed by atoms with van der Waals surface area (Å²) in [5.74, 6) is -0.666. The Bertz CT molecular complexity index is 706. The standard InChI is InChI=1S/C20H28N2O6/c1-12-10-14(27-11-13-6-7-13)4-3-5-15(20(25)28-12)22-19(24)17-18(23)16(26-2)8-9-21-17/h8-9,12-15,23H,3-7,10-11H2,1-2H3,(H,22,24)/t12?,14?,15-/m0/s1. The van der Waals surface area contributed by atoms with E-state index in [1.54, 1.807) is 0 Å². The van der Waals surface area contributed by atoms with Crippen LogP contribution in [0.1, 0.15) is 55.9 Å². The van der Waals surface area contributed by atoms with Gasteiger partial charge in [-0.2, -0.15) is 0 Å². The zero-order valence-electron chi connectivity index (χ0n) is 16.3. The van der Waals surface area contributed by atoms with Crippen LogP contribution in [0.25, 0.3) is 0 Å². The summed E-state index contributed by atoms with van der Waals surface area (Å²) in [7, 11) is 1.38. The van der Waals surface area contributed by atoms with Crippen molar-refractivity contribution in [1.82, 2.24) is 10.3 Å². The van der Waals surface area contributed by atoms with Crippen LogP contribution in [0, 0.1) is 5.92 Å². The summed E-state index contributed by atoms with van der Waals surface area (Å²) in [6, 6.07) is 0.647. The van der Waals surface area contributed by atoms with E-state index < -0.39 is 17.9 Å². The molecule has 8 nitrogen and oxygen atoms in total. The Morgan fingerprint density at radius 2 is 2.14 bits per heavy atom. The van der Waals surface area contributed by atoms with Gasteiger partial charge >= 0.3 is 5.97 Å². The van der Waals surface area contributed by atoms with E-state index in [0.29, 0.717) is 18.8 Å². The molecule has 0 spiro atoms. The summed E-state index contributed by atoms with van der Waals surface area (Å²) in [4.78, 5) is 28.9. The molecule has 1 aromatic rings. The maximum atomic E-state index is 12.5. The van der Waals surface area contributed by atoms with Gasteiger partial charge in [-0.25, -0.2) is 9.78 Å². The van der Waals surface area contributed by atoms with Crippen molar-refractivity contribution < 1.29 is 28.9 Å². The topological polar surface area (TPSA) is 107 Å². The van der Waals surface area contributed by atoms with Crippen LogP contribution in [0.15, 0.2) is 12.3 Å². The highest BCUT2D eigenvalue weighted by Crippen LogP contribution is 2.30. The Morgan fingerprint density at radius 3 is 2.86 bits per heavy atom. The Hall–Kier alpha value is -2.35. The Balaban J connectivity index is 1.62. The van der Waals surface area contributed by atoms with E-state index in [0.717, 1.165) is 19.4 Å². The smallest absolute Gasteiger partial charge is 0.328 e. The van der Waals surface area contributed by atoms with Gasteiger partial charge in [-0.1, -0.05) is 0 Å². The molecule has 3 rings (SSSR count). The number of nitrogens with zero attached hydrogens (tertiary/aromatic N) is 1. The lowest BCUT2D eigenvalue weighted by molar-refractivity contribution is -0.151. The predicted octanol–water partition coefficient (Wildman–Crippen LogP) is 2.20. The summed E-state index contributed by atoms with van der Waals surface area (Å²) < 4.78 is 16.5. The number of carbonyl (C=O) groups excluding carboxylic acids is 2. The molecule has 2 fully saturated rings. The number of methoxy groups -OCH3 is 1. The van der Waals surface area contributed by atoms with E-state index in [4.69, 9.17) is 14.2 Å². The van der Waals surface area contributed by atoms with Crippen LogP contribution >= 0.6 is 0 Å². The summed E-state index contributed by atoms with van der Waals surface area (Å²) in [5.41, 5.74) is -0.189. The third kappa shape index (κ3) is 5.34. The fourth-order valence-corrected chi connectivity index (χ4v) is 3.32. The van der Waals surface area contributed by atoms with Crippen LogP contribution in [0.3, 0.4) is 0 Å². The number of carbonyl (C=O) groups is 2. The van der Waals surface area contributed by atoms with Gasteiger partial charge in [-0.05, 0) is 44.9 Å². The predicted molar refractivity (Wildman–Crippen MR) is 100 cm³/mol. The molecular weight excluding hydrogens is 364 g/mol. The highest BCUT2D eigenvalue weighted by atomic mass is 16.5. The van der Waals surface area contributed by atoms with Gasteiger partial charge in [0.1, 0.15) is 12.1 Å². The number of rotatable bonds is 6. The molecule has 0 radical (unpaired) electrons. The molecule has 1 aliphatic carbocycles. The van der Waals surface area contributed by atoms with Gasteiger partial charge in [0.05, 0.1) is 13.2 Å². The van der Waals surface area contributed by atoms with Crippen LogP contribution in [0.5, 0.6) is 11.5 Å². The van der Waals surface area contributed by atoms with Crippen molar-refractivity contribution in [3.8, 4) is 11.5 Å². The number of nitrogens with one attached hydrogen (secondary N) is 1. The van der Waals surface area contributed by atoms with Gasteiger partial charge in [0.25, 0.3) is 5.91 Å². The number of hydrogen-bond acceptors (Lipinski definition) is 7. The van der Waals surface area contributed by atoms with Crippen molar-refractivity contribution >= 4 is 11.9 Å². The Labute approximate surface area is 164 Å². The second-order valence-corrected chi connectivity index (χ2v) is 7.55. The zero-order chi connectivity index (χ0) is 20.1. The van der Waals surface area contributed by atoms with E-state index in [9.17, 15) is 14.7 Å². The van der Waals surface area contributed by atoms with Gasteiger partial charge in [-0.3, -0.25) is 4.79 Å². The van der Waals surface area contributed by atoms with Crippen LogP contribution < -0.4 is 10.1 Å². The number of cyclic esters (lactones) is 1. The molecule has 1 aromatic heterocycles. The van der Waals surface area contributed by atoms with Crippen molar-refractivity contribution in [3.05, 3.63) is 18.0 Å². The lowest BCUT2D eigenvalue weighted by Gasteiger charge is -2.21. The third-order valence-corrected chi connectivity index (χ3v) is 5.11. The molecule has 1 aliphatic heterocycles. The fourth-order valence-electron chi connectivity index (χ4n) is 3.32. The monoisotopic (exact) mass is 392 g/mol. The van der Waals surface area contributed by atoms with E-state index in [2.05, 4.69) is 10.3 Å². The van der Waals surface area contributed by atoms with Crippen molar-refractivity contribution in [2.75, 3.05) is 13.7 Å². The largest absolute Gasteiger partial charge is 0.503 e. The molecule has 28 heavy (non-hydrogen) atoms. The summed E-state index contributed by atoms with van der Waals surface area (Å²) in [5, 5.41) is 12.7. The zero-order valence-corrected chi connectivity index (χ0v) is 16.3. The Morgan fingerprint density at radius 1 is 1.36 bits per heavy atom. The molecule has 2 unspecified atom stereocenters. The van der Waals surface area contributed by atoms with Gasteiger partial charge in [0.2, 0.25) is 0 Å². The maximum absolute atomic E-state index is 12.5. The lowest BCUT2D eigenvalue weighted by atomic mass is 10.0. The second kappa shape index (κ2) is 9.23. The van der Waals surface area contributed by atoms with Crippen LogP contribution in [0.2, 0.25) is 0 Å². The van der Waals surface area contributed by atoms with E-state index in [-0.39, 0.29) is 29.4 Å². The van der Waals surface area contributed by atoms with E-state index in [1.807, 2.05) is 6.92 Å². The van der Waals surface area contributed by atoms with E-state index in [1.165, 1.54) is 32.2 Å². The number of pyridine rings is 1. The lowest BCUT2D eigenvalue weighted by Crippen LogP contribution is -2.42. The average molecular weight is 392 g/mol. The number of aromatic hydroxyl groups is 1. The molecule has 3 atom stereocenters. The number of amides is 1. The number of aromatic nitrogens is 1. The first-order valence-corrected chi connectivity index (χ1v) is 9.82. The van der Waals surface area contributed by atoms with Crippen molar-refractivity contribution in [2.24, 2.45) is 5.92 Å². The van der Waals surface area contributed by atoms with Gasteiger partial charge in [0.15, 0.2) is 17.2 Å². The molecule has 8 heteroatoms. The van der Waals surface area contributed by atoms with Crippen LogP contribution in [0.4, 0.5) is 0 Å². The highest BCUT2D eigenvalue weighted by Gasteiger charge is 2.30. The molecule has 154 valence electrons. The molecule has 1 saturated carbocycles. The average Bonchev–Trinajstić information content (AvgIpc) is 3.48. The normalized spacial score (nSPS) is 25.8. The first-order valence-electron chi connectivity index (χ1n) is 9.82. The molecule has 2 heterocycles. The van der Waals surface area contributed by atoms with Gasteiger partial charge < -0.3 is 24.6 Å². The summed E-state index contributed by atoms with van der Waals surface area (Å²) >= 11 is 0. The second-order valence-electron chi connectivity index (χ2n) is 7.55. The van der Waals surface area contributed by atoms with Crippen molar-refractivity contribution in [1.29, 1.82) is 0 Å². The molecule has 0 bridgehead atoms. The van der Waals surface area contributed by atoms with Crippen LogP contribution in [-0.2, 0) is 14.3 Å². The molecule has 2 N–H and O–H groups in total. The number of esters is 1. The number of hydrogen-bond donors (Lipinski definition) is 2. The molecule has 0 aromatic carbocycles. The van der Waals surface area contributed by atoms with Gasteiger partial charge in [-0.15, -0.1) is 0 Å². The first kappa shape index (κ1) is 20.4. The minimum Gasteiger partial charge on any atom is -0.503 e. The quantitative estimate of drug-likeness (QED) is 0.715. The molecular formula is C20H28N2O6. The molecule has 1 amide bonds. The maximum Gasteiger partial charge on any atom is 0.328 e. The molecule has 1 saturated heterocycles. The molecule has 2 aliphatic rings. The minimum atomic E-state index is -0.801. The van der Waals surface area contributed by atoms with Crippen molar-refractivity contribution in [2.45, 2.75) is 63.7 Å². The summed E-state index contributed by atoms with van der Waals surface area (Å²) in [6.07, 6.45) is 6.20. The SMILES string of the molecule is COc1ccnc(C(=O)N[C@H]2CCCC(OCC3CC3)CC(C)OC2=O)c1O. The first-order chi connectivity index (χ1) is 13.5. The van der Waals surface area contributed by atoms with Gasteiger partial charge in [0, 0.05) is 25.3 Å². The Kier molecular flexibility index (Phi) is 6.72. The minimum absolute atomic E-state index is 0.0574. The highest BCUT2D eigenvalue weighted by molar-refractivity contribution is 5.97. The third-order valence-electron chi connectivity index (χ3n) is 5.11. The fraction of sp³-hybridized carbons (Fsp3) is 0.650. The number of ether oxygens (including phenoxy) is 3. The van der Waals surface area contributed by atoms with E-state index >= 15 is 0 Å².